The van der Waals surface area contributed by atoms with E-state index in [1.54, 1.807) is 0 Å². The molecule has 3 aromatic rings. The zero-order valence-electron chi connectivity index (χ0n) is 11.1. The van der Waals surface area contributed by atoms with Gasteiger partial charge >= 0.3 is 0 Å². The van der Waals surface area contributed by atoms with Crippen LogP contribution in [0.3, 0.4) is 0 Å². The van der Waals surface area contributed by atoms with Crippen LogP contribution < -0.4 is 5.43 Å². The lowest BCUT2D eigenvalue weighted by atomic mass is 10.0. The number of nitrogens with one attached hydrogen (secondary N) is 1. The normalized spacial score (nSPS) is 13.6. The Labute approximate surface area is 117 Å². The molecule has 1 aliphatic rings. The molecule has 0 saturated carbocycles. The first kappa shape index (κ1) is 11.5. The van der Waals surface area contributed by atoms with E-state index >= 15 is 0 Å². The smallest absolute Gasteiger partial charge is 0.192 e. The first-order chi connectivity index (χ1) is 9.83. The van der Waals surface area contributed by atoms with Gasteiger partial charge in [0.1, 0.15) is 0 Å². The molecule has 0 spiro atoms. The van der Waals surface area contributed by atoms with Crippen LogP contribution in [0.1, 0.15) is 17.7 Å². The number of rotatable bonds is 1. The van der Waals surface area contributed by atoms with Crippen molar-refractivity contribution in [1.82, 2.24) is 4.98 Å². The maximum Gasteiger partial charge on any atom is 0.192 e. The predicted molar refractivity (Wildman–Crippen MR) is 82.0 cm³/mol. The van der Waals surface area contributed by atoms with Gasteiger partial charge in [-0.2, -0.15) is 0 Å². The van der Waals surface area contributed by atoms with Crippen molar-refractivity contribution in [2.75, 3.05) is 0 Å². The SMILES string of the molecule is O=c1c2c([nH]c3ccc(-c4ccccc4)cc13)CCC2. The van der Waals surface area contributed by atoms with E-state index in [0.717, 1.165) is 52.5 Å². The summed E-state index contributed by atoms with van der Waals surface area (Å²) in [6.45, 7) is 0. The van der Waals surface area contributed by atoms with Crippen LogP contribution in [0.4, 0.5) is 0 Å². The van der Waals surface area contributed by atoms with Crippen LogP contribution in [0.2, 0.25) is 0 Å². The Balaban J connectivity index is 1.98. The first-order valence-corrected chi connectivity index (χ1v) is 7.06. The topological polar surface area (TPSA) is 32.9 Å². The van der Waals surface area contributed by atoms with E-state index in [9.17, 15) is 4.79 Å². The fraction of sp³-hybridized carbons (Fsp3) is 0.167. The molecule has 2 heteroatoms. The number of fused-ring (bicyclic) bond motifs is 2. The van der Waals surface area contributed by atoms with Gasteiger partial charge in [0.05, 0.1) is 0 Å². The van der Waals surface area contributed by atoms with Crippen molar-refractivity contribution in [3.63, 3.8) is 0 Å². The monoisotopic (exact) mass is 261 g/mol. The zero-order valence-corrected chi connectivity index (χ0v) is 11.1. The van der Waals surface area contributed by atoms with Crippen molar-refractivity contribution in [2.45, 2.75) is 19.3 Å². The number of hydrogen-bond donors (Lipinski definition) is 1. The van der Waals surface area contributed by atoms with Gasteiger partial charge in [-0.25, -0.2) is 0 Å². The van der Waals surface area contributed by atoms with Gasteiger partial charge in [-0.3, -0.25) is 4.79 Å². The minimum atomic E-state index is 0.212. The van der Waals surface area contributed by atoms with Crippen LogP contribution in [-0.2, 0) is 12.8 Å². The molecule has 2 nitrogen and oxygen atoms in total. The summed E-state index contributed by atoms with van der Waals surface area (Å²) in [7, 11) is 0. The molecule has 98 valence electrons. The number of hydrogen-bond acceptors (Lipinski definition) is 1. The molecule has 1 N–H and O–H groups in total. The van der Waals surface area contributed by atoms with Gasteiger partial charge in [-0.1, -0.05) is 36.4 Å². The highest BCUT2D eigenvalue weighted by molar-refractivity contribution is 5.85. The number of H-pyrrole nitrogens is 1. The van der Waals surface area contributed by atoms with Crippen molar-refractivity contribution < 1.29 is 0 Å². The van der Waals surface area contributed by atoms with Gasteiger partial charge in [-0.15, -0.1) is 0 Å². The van der Waals surface area contributed by atoms with Crippen molar-refractivity contribution >= 4 is 10.9 Å². The molecule has 0 fully saturated rings. The van der Waals surface area contributed by atoms with Crippen LogP contribution in [0.15, 0.2) is 53.3 Å². The molecule has 2 aromatic carbocycles. The minimum Gasteiger partial charge on any atom is -0.358 e. The number of aryl methyl sites for hydroxylation is 1. The van der Waals surface area contributed by atoms with E-state index in [-0.39, 0.29) is 5.43 Å². The summed E-state index contributed by atoms with van der Waals surface area (Å²) >= 11 is 0. The molecule has 0 amide bonds. The molecule has 1 heterocycles. The third-order valence-corrected chi connectivity index (χ3v) is 4.15. The molecular weight excluding hydrogens is 246 g/mol. The van der Waals surface area contributed by atoms with Crippen LogP contribution in [0, 0.1) is 0 Å². The lowest BCUT2D eigenvalue weighted by Gasteiger charge is -2.06. The molecule has 1 aliphatic carbocycles. The Morgan fingerprint density at radius 3 is 2.60 bits per heavy atom. The van der Waals surface area contributed by atoms with E-state index in [1.165, 1.54) is 0 Å². The quantitative estimate of drug-likeness (QED) is 0.712. The maximum absolute atomic E-state index is 12.6. The molecule has 0 saturated heterocycles. The zero-order chi connectivity index (χ0) is 13.5. The number of pyridine rings is 1. The van der Waals surface area contributed by atoms with E-state index < -0.39 is 0 Å². The second-order valence-corrected chi connectivity index (χ2v) is 5.39. The van der Waals surface area contributed by atoms with E-state index in [0.29, 0.717) is 0 Å². The Morgan fingerprint density at radius 1 is 0.900 bits per heavy atom. The van der Waals surface area contributed by atoms with Crippen molar-refractivity contribution in [3.05, 3.63) is 70.0 Å². The van der Waals surface area contributed by atoms with E-state index in [4.69, 9.17) is 0 Å². The third kappa shape index (κ3) is 1.68. The van der Waals surface area contributed by atoms with Gasteiger partial charge in [-0.05, 0) is 42.5 Å². The molecule has 0 aliphatic heterocycles. The Morgan fingerprint density at radius 2 is 1.75 bits per heavy atom. The summed E-state index contributed by atoms with van der Waals surface area (Å²) in [4.78, 5) is 16.0. The summed E-state index contributed by atoms with van der Waals surface area (Å²) in [5, 5.41) is 0.812. The summed E-state index contributed by atoms with van der Waals surface area (Å²) in [6, 6.07) is 16.3. The highest BCUT2D eigenvalue weighted by Gasteiger charge is 2.17. The van der Waals surface area contributed by atoms with E-state index in [1.807, 2.05) is 30.3 Å². The fourth-order valence-corrected chi connectivity index (χ4v) is 3.11. The summed E-state index contributed by atoms with van der Waals surface area (Å²) < 4.78 is 0. The van der Waals surface area contributed by atoms with Gasteiger partial charge in [0.2, 0.25) is 0 Å². The molecule has 20 heavy (non-hydrogen) atoms. The molecule has 0 radical (unpaired) electrons. The minimum absolute atomic E-state index is 0.212. The number of benzene rings is 2. The van der Waals surface area contributed by atoms with Crippen molar-refractivity contribution in [2.24, 2.45) is 0 Å². The van der Waals surface area contributed by atoms with Crippen LogP contribution in [-0.4, -0.2) is 4.98 Å². The second kappa shape index (κ2) is 4.34. The lowest BCUT2D eigenvalue weighted by molar-refractivity contribution is 0.900. The molecule has 0 unspecified atom stereocenters. The summed E-state index contributed by atoms with van der Waals surface area (Å²) in [6.07, 6.45) is 3.00. The lowest BCUT2D eigenvalue weighted by Crippen LogP contribution is -2.10. The highest BCUT2D eigenvalue weighted by atomic mass is 16.1. The fourth-order valence-electron chi connectivity index (χ4n) is 3.11. The average Bonchev–Trinajstić information content (AvgIpc) is 2.97. The number of aromatic nitrogens is 1. The van der Waals surface area contributed by atoms with Gasteiger partial charge < -0.3 is 4.98 Å². The van der Waals surface area contributed by atoms with Crippen LogP contribution in [0.25, 0.3) is 22.0 Å². The van der Waals surface area contributed by atoms with E-state index in [2.05, 4.69) is 23.2 Å². The van der Waals surface area contributed by atoms with Crippen LogP contribution in [0.5, 0.6) is 0 Å². The molecule has 0 atom stereocenters. The standard InChI is InChI=1S/C18H15NO/c20-18-14-7-4-8-16(14)19-17-10-9-13(11-15(17)18)12-5-2-1-3-6-12/h1-3,5-6,9-11H,4,7-8H2,(H,19,20). The highest BCUT2D eigenvalue weighted by Crippen LogP contribution is 2.25. The molecule has 0 bridgehead atoms. The average molecular weight is 261 g/mol. The predicted octanol–water partition coefficient (Wildman–Crippen LogP) is 3.68. The Hall–Kier alpha value is -2.35. The maximum atomic E-state index is 12.6. The number of aromatic amines is 1. The third-order valence-electron chi connectivity index (χ3n) is 4.15. The Kier molecular flexibility index (Phi) is 2.49. The summed E-state index contributed by atoms with van der Waals surface area (Å²) in [5.74, 6) is 0. The summed E-state index contributed by atoms with van der Waals surface area (Å²) in [5.41, 5.74) is 5.54. The van der Waals surface area contributed by atoms with Gasteiger partial charge in [0.25, 0.3) is 0 Å². The molecule has 4 rings (SSSR count). The largest absolute Gasteiger partial charge is 0.358 e. The van der Waals surface area contributed by atoms with Crippen molar-refractivity contribution in [3.8, 4) is 11.1 Å². The van der Waals surface area contributed by atoms with Gasteiger partial charge in [0.15, 0.2) is 5.43 Å². The molecular formula is C18H15NO. The van der Waals surface area contributed by atoms with Crippen molar-refractivity contribution in [1.29, 1.82) is 0 Å². The van der Waals surface area contributed by atoms with Gasteiger partial charge in [0, 0.05) is 22.2 Å². The second-order valence-electron chi connectivity index (χ2n) is 5.39. The first-order valence-electron chi connectivity index (χ1n) is 7.06. The molecule has 1 aromatic heterocycles. The van der Waals surface area contributed by atoms with Crippen LogP contribution >= 0.6 is 0 Å². The Bertz CT molecular complexity index is 846.